The summed E-state index contributed by atoms with van der Waals surface area (Å²) in [5.74, 6) is -0.434. The van der Waals surface area contributed by atoms with E-state index in [9.17, 15) is 19.7 Å². The van der Waals surface area contributed by atoms with Crippen molar-refractivity contribution in [2.75, 3.05) is 16.8 Å². The van der Waals surface area contributed by atoms with Crippen LogP contribution in [-0.2, 0) is 16.0 Å². The van der Waals surface area contributed by atoms with Gasteiger partial charge in [0.25, 0.3) is 11.6 Å². The molecule has 1 aliphatic rings. The summed E-state index contributed by atoms with van der Waals surface area (Å²) in [6.07, 6.45) is 0.441. The van der Waals surface area contributed by atoms with E-state index in [1.807, 2.05) is 25.1 Å². The fourth-order valence-corrected chi connectivity index (χ4v) is 3.13. The molecule has 0 fully saturated rings. The lowest BCUT2D eigenvalue weighted by molar-refractivity contribution is -0.384. The lowest BCUT2D eigenvalue weighted by Gasteiger charge is -2.33. The number of fused-ring (bicyclic) bond motifs is 1. The molecule has 2 amide bonds. The van der Waals surface area contributed by atoms with Crippen LogP contribution in [0.15, 0.2) is 42.5 Å². The Morgan fingerprint density at radius 3 is 2.68 bits per heavy atom. The first kappa shape index (κ1) is 19.3. The summed E-state index contributed by atoms with van der Waals surface area (Å²) in [6.45, 7) is 3.53. The van der Waals surface area contributed by atoms with Crippen molar-refractivity contribution in [1.29, 1.82) is 0 Å². The molecule has 1 heterocycles. The van der Waals surface area contributed by atoms with Crippen LogP contribution in [0.3, 0.4) is 0 Å². The van der Waals surface area contributed by atoms with E-state index in [2.05, 4.69) is 5.32 Å². The number of carbonyl (C=O) groups excluding carboxylic acids is 2. The minimum absolute atomic E-state index is 0.174. The second-order valence-corrected chi connectivity index (χ2v) is 6.41. The zero-order chi connectivity index (χ0) is 20.3. The molecule has 0 bridgehead atoms. The van der Waals surface area contributed by atoms with E-state index in [0.29, 0.717) is 17.9 Å². The van der Waals surface area contributed by atoms with Crippen molar-refractivity contribution >= 4 is 28.9 Å². The first-order valence-electron chi connectivity index (χ1n) is 9.08. The molecule has 0 aliphatic carbocycles. The Balaban J connectivity index is 1.89. The lowest BCUT2D eigenvalue weighted by Crippen LogP contribution is -2.48. The third-order valence-corrected chi connectivity index (χ3v) is 4.60. The molecule has 2 aromatic carbocycles. The van der Waals surface area contributed by atoms with Crippen molar-refractivity contribution in [3.63, 3.8) is 0 Å². The molecule has 1 unspecified atom stereocenters. The van der Waals surface area contributed by atoms with E-state index in [4.69, 9.17) is 4.74 Å². The highest BCUT2D eigenvalue weighted by Gasteiger charge is 2.35. The molecule has 1 aliphatic heterocycles. The summed E-state index contributed by atoms with van der Waals surface area (Å²) >= 11 is 0. The highest BCUT2D eigenvalue weighted by atomic mass is 16.6. The molecule has 2 aromatic rings. The number of ether oxygens (including phenoxy) is 1. The van der Waals surface area contributed by atoms with Gasteiger partial charge in [0.15, 0.2) is 6.10 Å². The van der Waals surface area contributed by atoms with E-state index in [0.717, 1.165) is 12.0 Å². The SMILES string of the molecule is CCc1ccccc1NC(=O)CN1C(=O)C(CC)Oc2ccc([N+](=O)[O-])cc21. The maximum atomic E-state index is 12.8. The maximum absolute atomic E-state index is 12.8. The van der Waals surface area contributed by atoms with Gasteiger partial charge in [0.05, 0.1) is 10.6 Å². The number of rotatable bonds is 6. The number of aryl methyl sites for hydroxylation is 1. The number of hydrogen-bond donors (Lipinski definition) is 1. The number of anilines is 2. The van der Waals surface area contributed by atoms with Crippen LogP contribution in [0.2, 0.25) is 0 Å². The average molecular weight is 383 g/mol. The van der Waals surface area contributed by atoms with Gasteiger partial charge in [0.2, 0.25) is 5.91 Å². The normalized spacial score (nSPS) is 15.6. The Hall–Kier alpha value is -3.42. The lowest BCUT2D eigenvalue weighted by atomic mass is 10.1. The van der Waals surface area contributed by atoms with Crippen LogP contribution in [0.25, 0.3) is 0 Å². The maximum Gasteiger partial charge on any atom is 0.271 e. The first-order valence-corrected chi connectivity index (χ1v) is 9.08. The number of nitrogens with zero attached hydrogens (tertiary/aromatic N) is 2. The number of para-hydroxylation sites is 1. The number of hydrogen-bond acceptors (Lipinski definition) is 5. The van der Waals surface area contributed by atoms with Gasteiger partial charge in [0.1, 0.15) is 12.3 Å². The number of carbonyl (C=O) groups is 2. The van der Waals surface area contributed by atoms with Gasteiger partial charge in [-0.15, -0.1) is 0 Å². The Labute approximate surface area is 162 Å². The van der Waals surface area contributed by atoms with Crippen LogP contribution in [0, 0.1) is 10.1 Å². The highest BCUT2D eigenvalue weighted by molar-refractivity contribution is 6.06. The Morgan fingerprint density at radius 2 is 2.00 bits per heavy atom. The molecule has 8 nitrogen and oxygen atoms in total. The smallest absolute Gasteiger partial charge is 0.271 e. The third kappa shape index (κ3) is 3.80. The average Bonchev–Trinajstić information content (AvgIpc) is 2.69. The number of benzene rings is 2. The molecule has 0 saturated heterocycles. The molecule has 1 N–H and O–H groups in total. The quantitative estimate of drug-likeness (QED) is 0.609. The zero-order valence-electron chi connectivity index (χ0n) is 15.7. The van der Waals surface area contributed by atoms with Gasteiger partial charge >= 0.3 is 0 Å². The Kier molecular flexibility index (Phi) is 5.58. The predicted octanol–water partition coefficient (Wildman–Crippen LogP) is 3.30. The molecule has 0 aromatic heterocycles. The van der Waals surface area contributed by atoms with E-state index >= 15 is 0 Å². The number of nitro benzene ring substituents is 1. The molecule has 0 saturated carbocycles. The van der Waals surface area contributed by atoms with Gasteiger partial charge in [-0.05, 0) is 30.5 Å². The summed E-state index contributed by atoms with van der Waals surface area (Å²) in [5, 5.41) is 13.9. The third-order valence-electron chi connectivity index (χ3n) is 4.60. The summed E-state index contributed by atoms with van der Waals surface area (Å²) in [7, 11) is 0. The number of amides is 2. The van der Waals surface area contributed by atoms with Gasteiger partial charge in [-0.3, -0.25) is 24.6 Å². The van der Waals surface area contributed by atoms with Gasteiger partial charge < -0.3 is 10.1 Å². The number of nitrogens with one attached hydrogen (secondary N) is 1. The number of non-ortho nitro benzene ring substituents is 1. The van der Waals surface area contributed by atoms with E-state index < -0.39 is 16.9 Å². The van der Waals surface area contributed by atoms with Crippen molar-refractivity contribution < 1.29 is 19.2 Å². The number of nitro groups is 1. The largest absolute Gasteiger partial charge is 0.478 e. The van der Waals surface area contributed by atoms with Crippen LogP contribution in [-0.4, -0.2) is 29.4 Å². The summed E-state index contributed by atoms with van der Waals surface area (Å²) in [6, 6.07) is 11.5. The van der Waals surface area contributed by atoms with Crippen molar-refractivity contribution in [2.45, 2.75) is 32.8 Å². The van der Waals surface area contributed by atoms with E-state index in [-0.39, 0.29) is 23.8 Å². The van der Waals surface area contributed by atoms with Crippen molar-refractivity contribution in [3.05, 3.63) is 58.1 Å². The minimum atomic E-state index is -0.732. The Morgan fingerprint density at radius 1 is 1.25 bits per heavy atom. The van der Waals surface area contributed by atoms with Gasteiger partial charge in [-0.1, -0.05) is 32.0 Å². The molecule has 8 heteroatoms. The summed E-state index contributed by atoms with van der Waals surface area (Å²) in [5.41, 5.74) is 1.71. The molecule has 28 heavy (non-hydrogen) atoms. The van der Waals surface area contributed by atoms with Crippen LogP contribution in [0.1, 0.15) is 25.8 Å². The fourth-order valence-electron chi connectivity index (χ4n) is 3.13. The second-order valence-electron chi connectivity index (χ2n) is 6.41. The van der Waals surface area contributed by atoms with E-state index in [1.165, 1.54) is 23.1 Å². The van der Waals surface area contributed by atoms with Crippen molar-refractivity contribution in [1.82, 2.24) is 0 Å². The fraction of sp³-hybridized carbons (Fsp3) is 0.300. The molecule has 1 atom stereocenters. The van der Waals surface area contributed by atoms with E-state index in [1.54, 1.807) is 13.0 Å². The monoisotopic (exact) mass is 383 g/mol. The van der Waals surface area contributed by atoms with Crippen LogP contribution >= 0.6 is 0 Å². The van der Waals surface area contributed by atoms with Crippen molar-refractivity contribution in [3.8, 4) is 5.75 Å². The zero-order valence-corrected chi connectivity index (χ0v) is 15.7. The topological polar surface area (TPSA) is 102 Å². The van der Waals surface area contributed by atoms with Gasteiger partial charge in [0, 0.05) is 17.8 Å². The van der Waals surface area contributed by atoms with Crippen LogP contribution < -0.4 is 15.0 Å². The standard InChI is InChI=1S/C20H21N3O5/c1-3-13-7-5-6-8-15(13)21-19(24)12-22-16-11-14(23(26)27)9-10-18(16)28-17(4-2)20(22)25/h5-11,17H,3-4,12H2,1-2H3,(H,21,24). The highest BCUT2D eigenvalue weighted by Crippen LogP contribution is 2.37. The molecule has 0 spiro atoms. The van der Waals surface area contributed by atoms with Crippen LogP contribution in [0.4, 0.5) is 17.1 Å². The minimum Gasteiger partial charge on any atom is -0.478 e. The summed E-state index contributed by atoms with van der Waals surface area (Å²) in [4.78, 5) is 37.2. The molecule has 146 valence electrons. The first-order chi connectivity index (χ1) is 13.4. The predicted molar refractivity (Wildman–Crippen MR) is 105 cm³/mol. The molecule has 3 rings (SSSR count). The Bertz CT molecular complexity index is 928. The molecule has 0 radical (unpaired) electrons. The molecular weight excluding hydrogens is 362 g/mol. The van der Waals surface area contributed by atoms with Gasteiger partial charge in [-0.2, -0.15) is 0 Å². The summed E-state index contributed by atoms with van der Waals surface area (Å²) < 4.78 is 5.65. The second kappa shape index (κ2) is 8.08. The molecular formula is C20H21N3O5. The van der Waals surface area contributed by atoms with Crippen molar-refractivity contribution in [2.24, 2.45) is 0 Å². The van der Waals surface area contributed by atoms with Gasteiger partial charge in [-0.25, -0.2) is 0 Å². The van der Waals surface area contributed by atoms with Crippen LogP contribution in [0.5, 0.6) is 5.75 Å².